The largest absolute Gasteiger partial charge is 0.396 e. The fraction of sp³-hybridized carbons (Fsp3) is 0.571. The van der Waals surface area contributed by atoms with Crippen LogP contribution >= 0.6 is 0 Å². The number of carbonyl (C=O) groups excluding carboxylic acids is 1. The maximum Gasteiger partial charge on any atom is 0.245 e. The average Bonchev–Trinajstić information content (AvgIpc) is 2.52. The third-order valence-corrected chi connectivity index (χ3v) is 3.14. The Balaban J connectivity index is 2.93. The van der Waals surface area contributed by atoms with Crippen LogP contribution in [-0.4, -0.2) is 32.7 Å². The van der Waals surface area contributed by atoms with Crippen LogP contribution in [0.4, 0.5) is 5.69 Å². The first kappa shape index (κ1) is 15.3. The van der Waals surface area contributed by atoms with Crippen LogP contribution in [0.1, 0.15) is 32.2 Å². The van der Waals surface area contributed by atoms with Gasteiger partial charge in [0.1, 0.15) is 6.54 Å². The van der Waals surface area contributed by atoms with E-state index in [-0.39, 0.29) is 18.0 Å². The smallest absolute Gasteiger partial charge is 0.245 e. The van der Waals surface area contributed by atoms with E-state index >= 15 is 0 Å². The SMILES string of the molecule is C=CCN(C(=O)Cn1nc(C)c(N)c1C)C(C)(C)C. The molecule has 1 heterocycles. The quantitative estimate of drug-likeness (QED) is 0.845. The summed E-state index contributed by atoms with van der Waals surface area (Å²) in [6.07, 6.45) is 1.73. The number of aryl methyl sites for hydroxylation is 1. The molecule has 0 fully saturated rings. The summed E-state index contributed by atoms with van der Waals surface area (Å²) in [7, 11) is 0. The Morgan fingerprint density at radius 2 is 2.05 bits per heavy atom. The maximum atomic E-state index is 12.4. The highest BCUT2D eigenvalue weighted by molar-refractivity contribution is 5.77. The van der Waals surface area contributed by atoms with Gasteiger partial charge in [-0.15, -0.1) is 6.58 Å². The lowest BCUT2D eigenvalue weighted by Crippen LogP contribution is -2.47. The Labute approximate surface area is 115 Å². The number of nitrogens with zero attached hydrogens (tertiary/aromatic N) is 3. The molecular formula is C14H24N4O. The van der Waals surface area contributed by atoms with Crippen LogP contribution in [0.2, 0.25) is 0 Å². The molecule has 5 nitrogen and oxygen atoms in total. The molecule has 0 saturated carbocycles. The van der Waals surface area contributed by atoms with Gasteiger partial charge < -0.3 is 10.6 Å². The maximum absolute atomic E-state index is 12.4. The van der Waals surface area contributed by atoms with Crippen molar-refractivity contribution in [2.75, 3.05) is 12.3 Å². The molecule has 1 amide bonds. The fourth-order valence-electron chi connectivity index (χ4n) is 1.96. The zero-order valence-electron chi connectivity index (χ0n) is 12.5. The average molecular weight is 264 g/mol. The number of carbonyl (C=O) groups is 1. The van der Waals surface area contributed by atoms with Gasteiger partial charge in [-0.25, -0.2) is 0 Å². The molecule has 0 aliphatic heterocycles. The first-order valence-corrected chi connectivity index (χ1v) is 6.39. The molecule has 0 aliphatic rings. The van der Waals surface area contributed by atoms with E-state index in [4.69, 9.17) is 5.73 Å². The second kappa shape index (κ2) is 5.47. The van der Waals surface area contributed by atoms with Gasteiger partial charge in [-0.2, -0.15) is 5.10 Å². The van der Waals surface area contributed by atoms with Crippen LogP contribution in [0.25, 0.3) is 0 Å². The van der Waals surface area contributed by atoms with E-state index in [0.717, 1.165) is 11.4 Å². The number of nitrogen functional groups attached to an aromatic ring is 1. The number of aromatic nitrogens is 2. The molecule has 1 rings (SSSR count). The summed E-state index contributed by atoms with van der Waals surface area (Å²) in [6.45, 7) is 14.2. The monoisotopic (exact) mass is 264 g/mol. The second-order valence-corrected chi connectivity index (χ2v) is 5.71. The van der Waals surface area contributed by atoms with Crippen molar-refractivity contribution in [3.05, 3.63) is 24.0 Å². The summed E-state index contributed by atoms with van der Waals surface area (Å²) >= 11 is 0. The molecule has 0 unspecified atom stereocenters. The lowest BCUT2D eigenvalue weighted by Gasteiger charge is -2.35. The summed E-state index contributed by atoms with van der Waals surface area (Å²) in [5, 5.41) is 4.29. The summed E-state index contributed by atoms with van der Waals surface area (Å²) in [4.78, 5) is 14.2. The highest BCUT2D eigenvalue weighted by Crippen LogP contribution is 2.17. The zero-order valence-corrected chi connectivity index (χ0v) is 12.5. The van der Waals surface area contributed by atoms with Crippen molar-refractivity contribution in [3.8, 4) is 0 Å². The van der Waals surface area contributed by atoms with E-state index in [1.54, 1.807) is 15.7 Å². The van der Waals surface area contributed by atoms with E-state index in [1.165, 1.54) is 0 Å². The van der Waals surface area contributed by atoms with Crippen LogP contribution < -0.4 is 5.73 Å². The standard InChI is InChI=1S/C14H24N4O/c1-7-8-17(14(4,5)6)12(19)9-18-11(3)13(15)10(2)16-18/h7H,1,8-9,15H2,2-6H3. The Morgan fingerprint density at radius 1 is 1.47 bits per heavy atom. The third kappa shape index (κ3) is 3.36. The minimum absolute atomic E-state index is 0.0120. The number of hydrogen-bond acceptors (Lipinski definition) is 3. The Morgan fingerprint density at radius 3 is 2.42 bits per heavy atom. The Hall–Kier alpha value is -1.78. The number of anilines is 1. The molecular weight excluding hydrogens is 240 g/mol. The predicted molar refractivity (Wildman–Crippen MR) is 77.8 cm³/mol. The lowest BCUT2D eigenvalue weighted by molar-refractivity contribution is -0.136. The van der Waals surface area contributed by atoms with E-state index in [0.29, 0.717) is 12.2 Å². The molecule has 0 aromatic carbocycles. The highest BCUT2D eigenvalue weighted by Gasteiger charge is 2.26. The van der Waals surface area contributed by atoms with Crippen molar-refractivity contribution < 1.29 is 4.79 Å². The van der Waals surface area contributed by atoms with Crippen molar-refractivity contribution in [1.29, 1.82) is 0 Å². The molecule has 0 atom stereocenters. The van der Waals surface area contributed by atoms with Gasteiger partial charge in [0.15, 0.2) is 0 Å². The van der Waals surface area contributed by atoms with Gasteiger partial charge in [0.2, 0.25) is 5.91 Å². The van der Waals surface area contributed by atoms with E-state index in [9.17, 15) is 4.79 Å². The van der Waals surface area contributed by atoms with Crippen molar-refractivity contribution in [1.82, 2.24) is 14.7 Å². The van der Waals surface area contributed by atoms with Crippen molar-refractivity contribution in [3.63, 3.8) is 0 Å². The first-order valence-electron chi connectivity index (χ1n) is 6.39. The molecule has 5 heteroatoms. The molecule has 0 aliphatic carbocycles. The number of nitrogens with two attached hydrogens (primary N) is 1. The second-order valence-electron chi connectivity index (χ2n) is 5.71. The van der Waals surface area contributed by atoms with Crippen LogP contribution in [0.3, 0.4) is 0 Å². The number of rotatable bonds is 4. The van der Waals surface area contributed by atoms with E-state index in [2.05, 4.69) is 11.7 Å². The van der Waals surface area contributed by atoms with Crippen LogP contribution in [0, 0.1) is 13.8 Å². The van der Waals surface area contributed by atoms with Crippen molar-refractivity contribution in [2.24, 2.45) is 0 Å². The molecule has 1 aromatic heterocycles. The van der Waals surface area contributed by atoms with Gasteiger partial charge in [0, 0.05) is 12.1 Å². The normalized spacial score (nSPS) is 11.4. The molecule has 19 heavy (non-hydrogen) atoms. The predicted octanol–water partition coefficient (Wildman–Crippen LogP) is 1.90. The lowest BCUT2D eigenvalue weighted by atomic mass is 10.1. The Kier molecular flexibility index (Phi) is 4.39. The van der Waals surface area contributed by atoms with E-state index in [1.807, 2.05) is 34.6 Å². The third-order valence-electron chi connectivity index (χ3n) is 3.14. The summed E-state index contributed by atoms with van der Waals surface area (Å²) in [6, 6.07) is 0. The summed E-state index contributed by atoms with van der Waals surface area (Å²) in [5.74, 6) is 0.0120. The van der Waals surface area contributed by atoms with Gasteiger partial charge >= 0.3 is 0 Å². The zero-order chi connectivity index (χ0) is 14.8. The number of amides is 1. The van der Waals surface area contributed by atoms with Gasteiger partial charge in [-0.1, -0.05) is 6.08 Å². The van der Waals surface area contributed by atoms with Gasteiger partial charge in [0.05, 0.1) is 17.1 Å². The van der Waals surface area contributed by atoms with Gasteiger partial charge in [0.25, 0.3) is 0 Å². The van der Waals surface area contributed by atoms with Crippen molar-refractivity contribution in [2.45, 2.75) is 46.7 Å². The van der Waals surface area contributed by atoms with Crippen LogP contribution in [0.15, 0.2) is 12.7 Å². The van der Waals surface area contributed by atoms with Gasteiger partial charge in [-0.05, 0) is 34.6 Å². The molecule has 0 radical (unpaired) electrons. The first-order chi connectivity index (χ1) is 8.68. The minimum Gasteiger partial charge on any atom is -0.396 e. The number of hydrogen-bond donors (Lipinski definition) is 1. The summed E-state index contributed by atoms with van der Waals surface area (Å²) < 4.78 is 1.66. The Bertz CT molecular complexity index is 482. The van der Waals surface area contributed by atoms with Gasteiger partial charge in [-0.3, -0.25) is 9.48 Å². The topological polar surface area (TPSA) is 64.2 Å². The fourth-order valence-corrected chi connectivity index (χ4v) is 1.96. The van der Waals surface area contributed by atoms with Crippen molar-refractivity contribution >= 4 is 11.6 Å². The summed E-state index contributed by atoms with van der Waals surface area (Å²) in [5.41, 5.74) is 7.88. The highest BCUT2D eigenvalue weighted by atomic mass is 16.2. The molecule has 0 bridgehead atoms. The molecule has 1 aromatic rings. The molecule has 106 valence electrons. The van der Waals surface area contributed by atoms with E-state index < -0.39 is 0 Å². The van der Waals surface area contributed by atoms with Crippen LogP contribution in [-0.2, 0) is 11.3 Å². The molecule has 2 N–H and O–H groups in total. The van der Waals surface area contributed by atoms with Crippen LogP contribution in [0.5, 0.6) is 0 Å². The minimum atomic E-state index is -0.243. The molecule has 0 spiro atoms. The molecule has 0 saturated heterocycles.